The van der Waals surface area contributed by atoms with Crippen LogP contribution in [0.2, 0.25) is 0 Å². The molecule has 2 nitrogen and oxygen atoms in total. The number of hydrogen-bond donors (Lipinski definition) is 0. The van der Waals surface area contributed by atoms with Crippen LogP contribution in [0, 0.1) is 0 Å². The Morgan fingerprint density at radius 2 is 2.00 bits per heavy atom. The molecule has 1 unspecified atom stereocenters. The number of hydrogen-bond acceptors (Lipinski definition) is 2. The molecule has 7 heteroatoms. The summed E-state index contributed by atoms with van der Waals surface area (Å²) in [6, 6.07) is 0. The molecule has 0 aromatic carbocycles. The fraction of sp³-hybridized carbons (Fsp3) is 1.00. The lowest BCUT2D eigenvalue weighted by Crippen LogP contribution is -2.22. The van der Waals surface area contributed by atoms with Gasteiger partial charge in [-0.15, -0.1) is 8.39 Å². The molecule has 0 N–H and O–H groups in total. The van der Waals surface area contributed by atoms with Gasteiger partial charge in [0.05, 0.1) is 0 Å². The van der Waals surface area contributed by atoms with E-state index in [9.17, 15) is 21.7 Å². The Morgan fingerprint density at radius 3 is 2.10 bits per heavy atom. The molecule has 0 aromatic rings. The fourth-order valence-electron chi connectivity index (χ4n) is 0.246. The topological polar surface area (TPSA) is 26.3 Å². The van der Waals surface area contributed by atoms with E-state index in [1.54, 1.807) is 0 Å². The molecule has 10 heavy (non-hydrogen) atoms. The lowest BCUT2D eigenvalue weighted by atomic mass is 10.4. The Balaban J connectivity index is 4.02. The van der Waals surface area contributed by atoms with E-state index in [0.29, 0.717) is 6.92 Å². The number of halogens is 4. The van der Waals surface area contributed by atoms with Gasteiger partial charge in [0.1, 0.15) is 6.67 Å². The molecule has 0 aliphatic heterocycles. The summed E-state index contributed by atoms with van der Waals surface area (Å²) in [4.78, 5) is 0. The van der Waals surface area contributed by atoms with Crippen molar-refractivity contribution >= 4 is 7.99 Å². The molecule has 0 saturated carbocycles. The van der Waals surface area contributed by atoms with E-state index >= 15 is 0 Å². The van der Waals surface area contributed by atoms with E-state index < -0.39 is 20.5 Å². The third kappa shape index (κ3) is 4.76. The van der Waals surface area contributed by atoms with Gasteiger partial charge >= 0.3 is 7.99 Å². The van der Waals surface area contributed by atoms with Gasteiger partial charge in [0.15, 0.2) is 0 Å². The van der Waals surface area contributed by atoms with E-state index in [4.69, 9.17) is 0 Å². The fourth-order valence-corrected chi connectivity index (χ4v) is 0.738. The molecule has 0 heterocycles. The zero-order chi connectivity index (χ0) is 8.41. The minimum Gasteiger partial charge on any atom is -0.245 e. The predicted molar refractivity (Wildman–Crippen MR) is 26.4 cm³/mol. The third-order valence-electron chi connectivity index (χ3n) is 0.535. The van der Waals surface area contributed by atoms with Crippen molar-refractivity contribution in [3.8, 4) is 0 Å². The minimum absolute atomic E-state index is 0.429. The highest BCUT2D eigenvalue weighted by Gasteiger charge is 2.36. The van der Waals surface area contributed by atoms with Gasteiger partial charge in [-0.05, 0) is 6.92 Å². The Morgan fingerprint density at radius 1 is 1.60 bits per heavy atom. The molecule has 0 rings (SSSR count). The molecule has 0 saturated heterocycles. The molecule has 0 aliphatic rings. The van der Waals surface area contributed by atoms with Gasteiger partial charge in [-0.3, -0.25) is 0 Å². The molecule has 0 spiro atoms. The second kappa shape index (κ2) is 2.88. The van der Waals surface area contributed by atoms with Crippen LogP contribution in [0.4, 0.5) is 17.2 Å². The van der Waals surface area contributed by atoms with Gasteiger partial charge in [0, 0.05) is 0 Å². The van der Waals surface area contributed by atoms with E-state index in [0.717, 1.165) is 0 Å². The van der Waals surface area contributed by atoms with Gasteiger partial charge in [-0.1, -0.05) is 0 Å². The maximum atomic E-state index is 12.1. The van der Waals surface area contributed by atoms with Crippen LogP contribution in [0.3, 0.4) is 0 Å². The summed E-state index contributed by atoms with van der Waals surface area (Å²) in [5.74, 6) is -3.15. The van der Waals surface area contributed by atoms with Crippen LogP contribution < -0.4 is 0 Å². The quantitative estimate of drug-likeness (QED) is 0.493. The van der Waals surface area contributed by atoms with Crippen molar-refractivity contribution < 1.29 is 26.3 Å². The zero-order valence-corrected chi connectivity index (χ0v) is 5.88. The third-order valence-corrected chi connectivity index (χ3v) is 1.13. The summed E-state index contributed by atoms with van der Waals surface area (Å²) in [7, 11) is -5.92. The van der Waals surface area contributed by atoms with E-state index in [-0.39, 0.29) is 0 Å². The van der Waals surface area contributed by atoms with Gasteiger partial charge in [-0.25, -0.2) is 17.9 Å². The van der Waals surface area contributed by atoms with Gasteiger partial charge in [0.25, 0.3) is 0 Å². The second-order valence-corrected chi connectivity index (χ2v) is 2.75. The van der Waals surface area contributed by atoms with Crippen LogP contribution in [-0.2, 0) is 9.09 Å². The highest BCUT2D eigenvalue weighted by molar-refractivity contribution is 7.47. The lowest BCUT2D eigenvalue weighted by molar-refractivity contribution is -0.0705. The first-order valence-electron chi connectivity index (χ1n) is 2.22. The number of alkyl halides is 2. The smallest absolute Gasteiger partial charge is 0.245 e. The van der Waals surface area contributed by atoms with E-state index in [1.165, 1.54) is 0 Å². The van der Waals surface area contributed by atoms with Crippen LogP contribution in [0.5, 0.6) is 0 Å². The maximum absolute atomic E-state index is 12.1. The summed E-state index contributed by atoms with van der Waals surface area (Å²) >= 11 is 0. The maximum Gasteiger partial charge on any atom is 0.554 e. The molecule has 0 aromatic heterocycles. The standard InChI is InChI=1S/C3H5F4O2P/c1-3(5,2-4)9-10(6,7)8/h2H2,1H3. The Bertz CT molecular complexity index is 153. The predicted octanol–water partition coefficient (Wildman–Crippen LogP) is 2.71. The van der Waals surface area contributed by atoms with E-state index in [2.05, 4.69) is 4.52 Å². The van der Waals surface area contributed by atoms with E-state index in [1.807, 2.05) is 0 Å². The highest BCUT2D eigenvalue weighted by Crippen LogP contribution is 2.53. The molecule has 0 fully saturated rings. The minimum atomic E-state index is -5.92. The first-order chi connectivity index (χ1) is 4.27. The number of rotatable bonds is 3. The molecular formula is C3H5F4O2P. The average molecular weight is 180 g/mol. The molecule has 0 amide bonds. The SMILES string of the molecule is CC(F)(CF)OP(=O)(F)F. The summed E-state index contributed by atoms with van der Waals surface area (Å²) < 4.78 is 58.5. The van der Waals surface area contributed by atoms with Crippen molar-refractivity contribution in [2.45, 2.75) is 12.8 Å². The molecule has 0 aliphatic carbocycles. The molecule has 0 radical (unpaired) electrons. The summed E-state index contributed by atoms with van der Waals surface area (Å²) in [6.45, 7) is -1.33. The monoisotopic (exact) mass is 180 g/mol. The Labute approximate surface area is 54.9 Å². The lowest BCUT2D eigenvalue weighted by Gasteiger charge is -2.14. The van der Waals surface area contributed by atoms with Crippen molar-refractivity contribution in [2.24, 2.45) is 0 Å². The van der Waals surface area contributed by atoms with Crippen molar-refractivity contribution in [3.63, 3.8) is 0 Å². The Hall–Kier alpha value is -0.0900. The van der Waals surface area contributed by atoms with Gasteiger partial charge in [0.2, 0.25) is 5.85 Å². The molecular weight excluding hydrogens is 175 g/mol. The summed E-state index contributed by atoms with van der Waals surface area (Å²) in [5, 5.41) is 0. The molecule has 1 atom stereocenters. The van der Waals surface area contributed by atoms with Crippen LogP contribution >= 0.6 is 7.99 Å². The second-order valence-electron chi connectivity index (χ2n) is 1.74. The average Bonchev–Trinajstić information content (AvgIpc) is 1.60. The van der Waals surface area contributed by atoms with Crippen molar-refractivity contribution in [2.75, 3.05) is 6.67 Å². The van der Waals surface area contributed by atoms with Gasteiger partial charge in [-0.2, -0.15) is 0 Å². The van der Waals surface area contributed by atoms with Crippen molar-refractivity contribution in [1.29, 1.82) is 0 Å². The first-order valence-corrected chi connectivity index (χ1v) is 3.62. The first kappa shape index (κ1) is 9.91. The molecule has 62 valence electrons. The largest absolute Gasteiger partial charge is 0.554 e. The molecule has 0 bridgehead atoms. The van der Waals surface area contributed by atoms with Crippen LogP contribution in [-0.4, -0.2) is 12.5 Å². The Kier molecular flexibility index (Phi) is 2.86. The van der Waals surface area contributed by atoms with Gasteiger partial charge < -0.3 is 0 Å². The van der Waals surface area contributed by atoms with Crippen LogP contribution in [0.15, 0.2) is 0 Å². The normalized spacial score (nSPS) is 18.5. The van der Waals surface area contributed by atoms with Crippen molar-refractivity contribution in [3.05, 3.63) is 0 Å². The van der Waals surface area contributed by atoms with Crippen molar-refractivity contribution in [1.82, 2.24) is 0 Å². The zero-order valence-electron chi connectivity index (χ0n) is 4.98. The van der Waals surface area contributed by atoms with Crippen LogP contribution in [0.25, 0.3) is 0 Å². The highest BCUT2D eigenvalue weighted by atomic mass is 31.2. The van der Waals surface area contributed by atoms with Crippen LogP contribution in [0.1, 0.15) is 6.92 Å². The summed E-state index contributed by atoms with van der Waals surface area (Å²) in [5.41, 5.74) is 0. The summed E-state index contributed by atoms with van der Waals surface area (Å²) in [6.07, 6.45) is 0.